The lowest BCUT2D eigenvalue weighted by molar-refractivity contribution is 0.243. The molecule has 1 fully saturated rings. The Labute approximate surface area is 168 Å². The topological polar surface area (TPSA) is 3.24 Å². The van der Waals surface area contributed by atoms with Crippen molar-refractivity contribution in [2.75, 3.05) is 25.1 Å². The van der Waals surface area contributed by atoms with E-state index in [1.54, 1.807) is 0 Å². The molecule has 1 rings (SSSR count). The molecule has 0 saturated carbocycles. The number of likely N-dealkylation sites (N-methyl/N-ethyl adjacent to an activating group) is 1. The number of hydrogen-bond donors (Lipinski definition) is 0. The number of thioether (sulfide) groups is 1. The Hall–Kier alpha value is -0.630. The minimum absolute atomic E-state index is 0.301. The molecule has 0 spiro atoms. The molecule has 1 heterocycles. The summed E-state index contributed by atoms with van der Waals surface area (Å²) in [7, 11) is 2.21. The lowest BCUT2D eigenvalue weighted by atomic mass is 9.71. The van der Waals surface area contributed by atoms with Gasteiger partial charge in [-0.05, 0) is 78.6 Å². The van der Waals surface area contributed by atoms with E-state index in [2.05, 4.69) is 78.4 Å². The highest BCUT2D eigenvalue weighted by Crippen LogP contribution is 2.46. The Morgan fingerprint density at radius 3 is 2.12 bits per heavy atom. The first kappa shape index (κ1) is 23.4. The van der Waals surface area contributed by atoms with Crippen LogP contribution in [0.3, 0.4) is 0 Å². The standard InChI is InChI=1S/C24H43NS/c1-10-23(7,8)17-20(6)21(22(19(4)5)25(9)12-3)18-24(11-2)13-15-26-16-14-24/h4,6,10-18H2,1-3,5,7-9H3/b22-21-. The first-order valence-electron chi connectivity index (χ1n) is 10.5. The molecule has 150 valence electrons. The number of nitrogens with zero attached hydrogens (tertiary/aromatic N) is 1. The molecule has 0 aromatic rings. The average molecular weight is 378 g/mol. The van der Waals surface area contributed by atoms with Crippen molar-refractivity contribution in [3.8, 4) is 0 Å². The highest BCUT2D eigenvalue weighted by atomic mass is 32.2. The Morgan fingerprint density at radius 1 is 1.12 bits per heavy atom. The van der Waals surface area contributed by atoms with E-state index in [1.807, 2.05) is 0 Å². The molecule has 1 aliphatic rings. The molecule has 0 atom stereocenters. The average Bonchev–Trinajstić information content (AvgIpc) is 2.61. The van der Waals surface area contributed by atoms with Gasteiger partial charge in [0.15, 0.2) is 0 Å². The van der Waals surface area contributed by atoms with Crippen LogP contribution >= 0.6 is 11.8 Å². The van der Waals surface area contributed by atoms with E-state index in [1.165, 1.54) is 59.6 Å². The van der Waals surface area contributed by atoms with Crippen LogP contribution in [0.1, 0.15) is 80.1 Å². The van der Waals surface area contributed by atoms with Crippen LogP contribution < -0.4 is 0 Å². The highest BCUT2D eigenvalue weighted by Gasteiger charge is 2.34. The van der Waals surface area contributed by atoms with Crippen molar-refractivity contribution in [1.82, 2.24) is 4.90 Å². The summed E-state index contributed by atoms with van der Waals surface area (Å²) in [6.07, 6.45) is 7.35. The summed E-state index contributed by atoms with van der Waals surface area (Å²) in [5, 5.41) is 0. The molecule has 0 aromatic heterocycles. The van der Waals surface area contributed by atoms with Crippen molar-refractivity contribution in [1.29, 1.82) is 0 Å². The summed E-state index contributed by atoms with van der Waals surface area (Å²) in [6, 6.07) is 0. The molecule has 0 aromatic carbocycles. The second-order valence-corrected chi connectivity index (χ2v) is 10.3. The van der Waals surface area contributed by atoms with Crippen LogP contribution in [0, 0.1) is 10.8 Å². The third-order valence-electron chi connectivity index (χ3n) is 6.48. The smallest absolute Gasteiger partial charge is 0.0422 e. The quantitative estimate of drug-likeness (QED) is 0.363. The minimum atomic E-state index is 0.301. The van der Waals surface area contributed by atoms with Crippen molar-refractivity contribution in [3.63, 3.8) is 0 Å². The molecule has 0 radical (unpaired) electrons. The van der Waals surface area contributed by atoms with Gasteiger partial charge in [0, 0.05) is 19.3 Å². The predicted octanol–water partition coefficient (Wildman–Crippen LogP) is 7.46. The monoisotopic (exact) mass is 377 g/mol. The fourth-order valence-corrected chi connectivity index (χ4v) is 5.35. The molecule has 1 saturated heterocycles. The maximum atomic E-state index is 4.61. The molecule has 0 N–H and O–H groups in total. The van der Waals surface area contributed by atoms with Crippen LogP contribution in [0.5, 0.6) is 0 Å². The van der Waals surface area contributed by atoms with Crippen molar-refractivity contribution in [2.45, 2.75) is 80.1 Å². The van der Waals surface area contributed by atoms with Gasteiger partial charge in [0.2, 0.25) is 0 Å². The van der Waals surface area contributed by atoms with Crippen molar-refractivity contribution >= 4 is 11.8 Å². The number of hydrogen-bond acceptors (Lipinski definition) is 2. The zero-order valence-corrected chi connectivity index (χ0v) is 19.5. The molecule has 1 nitrogen and oxygen atoms in total. The Balaban J connectivity index is 3.36. The van der Waals surface area contributed by atoms with Crippen molar-refractivity contribution in [3.05, 3.63) is 35.6 Å². The van der Waals surface area contributed by atoms with Gasteiger partial charge in [0.25, 0.3) is 0 Å². The fraction of sp³-hybridized carbons (Fsp3) is 0.750. The second-order valence-electron chi connectivity index (χ2n) is 9.06. The van der Waals surface area contributed by atoms with Gasteiger partial charge < -0.3 is 4.90 Å². The van der Waals surface area contributed by atoms with Gasteiger partial charge in [-0.2, -0.15) is 11.8 Å². The molecular weight excluding hydrogens is 334 g/mol. The van der Waals surface area contributed by atoms with Crippen LogP contribution in [0.4, 0.5) is 0 Å². The van der Waals surface area contributed by atoms with Crippen LogP contribution in [0.2, 0.25) is 0 Å². The molecule has 0 amide bonds. The van der Waals surface area contributed by atoms with E-state index in [4.69, 9.17) is 0 Å². The minimum Gasteiger partial charge on any atom is -0.374 e. The van der Waals surface area contributed by atoms with Gasteiger partial charge in [-0.25, -0.2) is 0 Å². The highest BCUT2D eigenvalue weighted by molar-refractivity contribution is 7.99. The summed E-state index contributed by atoms with van der Waals surface area (Å²) in [4.78, 5) is 2.38. The summed E-state index contributed by atoms with van der Waals surface area (Å²) in [5.74, 6) is 2.61. The van der Waals surface area contributed by atoms with Gasteiger partial charge >= 0.3 is 0 Å². The molecule has 26 heavy (non-hydrogen) atoms. The van der Waals surface area contributed by atoms with E-state index in [0.29, 0.717) is 10.8 Å². The van der Waals surface area contributed by atoms with E-state index in [9.17, 15) is 0 Å². The van der Waals surface area contributed by atoms with Crippen LogP contribution in [-0.2, 0) is 0 Å². The Morgan fingerprint density at radius 2 is 1.69 bits per heavy atom. The molecule has 0 aliphatic carbocycles. The third-order valence-corrected chi connectivity index (χ3v) is 7.46. The van der Waals surface area contributed by atoms with E-state index >= 15 is 0 Å². The lowest BCUT2D eigenvalue weighted by Crippen LogP contribution is -2.29. The third kappa shape index (κ3) is 6.22. The van der Waals surface area contributed by atoms with Gasteiger partial charge in [-0.3, -0.25) is 0 Å². The van der Waals surface area contributed by atoms with Crippen molar-refractivity contribution in [2.24, 2.45) is 10.8 Å². The van der Waals surface area contributed by atoms with Crippen LogP contribution in [-0.4, -0.2) is 30.0 Å². The van der Waals surface area contributed by atoms with E-state index in [0.717, 1.165) is 19.4 Å². The zero-order valence-electron chi connectivity index (χ0n) is 18.6. The maximum absolute atomic E-state index is 4.61. The zero-order chi connectivity index (χ0) is 20.0. The van der Waals surface area contributed by atoms with Crippen LogP contribution in [0.25, 0.3) is 0 Å². The van der Waals surface area contributed by atoms with Gasteiger partial charge in [-0.15, -0.1) is 0 Å². The lowest BCUT2D eigenvalue weighted by Gasteiger charge is -2.40. The van der Waals surface area contributed by atoms with Gasteiger partial charge in [0.05, 0.1) is 0 Å². The predicted molar refractivity (Wildman–Crippen MR) is 122 cm³/mol. The first-order chi connectivity index (χ1) is 12.1. The van der Waals surface area contributed by atoms with E-state index < -0.39 is 0 Å². The Bertz CT molecular complexity index is 520. The molecular formula is C24H43NS. The van der Waals surface area contributed by atoms with Gasteiger partial charge in [0.1, 0.15) is 0 Å². The number of allylic oxidation sites excluding steroid dienone is 3. The molecule has 0 unspecified atom stereocenters. The summed E-state index contributed by atoms with van der Waals surface area (Å²) < 4.78 is 0. The molecule has 1 aliphatic heterocycles. The summed E-state index contributed by atoms with van der Waals surface area (Å²) >= 11 is 2.12. The fourth-order valence-electron chi connectivity index (χ4n) is 3.99. The number of rotatable bonds is 10. The van der Waals surface area contributed by atoms with Gasteiger partial charge in [-0.1, -0.05) is 53.7 Å². The molecule has 2 heteroatoms. The van der Waals surface area contributed by atoms with E-state index in [-0.39, 0.29) is 0 Å². The summed E-state index contributed by atoms with van der Waals surface area (Å²) in [6.45, 7) is 23.8. The van der Waals surface area contributed by atoms with Crippen molar-refractivity contribution < 1.29 is 0 Å². The normalized spacial score (nSPS) is 18.3. The SMILES string of the molecule is C=C(CC(C)(C)CC)/C(CC1(CC)CCSCC1)=C(/C(=C)C)N(C)CC. The second kappa shape index (κ2) is 10.1. The Kier molecular flexibility index (Phi) is 9.06. The largest absolute Gasteiger partial charge is 0.374 e. The first-order valence-corrected chi connectivity index (χ1v) is 11.6. The van der Waals surface area contributed by atoms with Crippen LogP contribution in [0.15, 0.2) is 35.6 Å². The maximum Gasteiger partial charge on any atom is 0.0422 e. The molecule has 0 bridgehead atoms. The summed E-state index contributed by atoms with van der Waals surface area (Å²) in [5.41, 5.74) is 6.08.